The quantitative estimate of drug-likeness (QED) is 0.252. The lowest BCUT2D eigenvalue weighted by Crippen LogP contribution is -2.64. The number of carbonyl (C=O) groups is 2. The minimum absolute atomic E-state index is 0.0728. The monoisotopic (exact) mass is 453 g/mol. The second-order valence-corrected chi connectivity index (χ2v) is 9.19. The van der Waals surface area contributed by atoms with Crippen molar-refractivity contribution in [1.29, 1.82) is 0 Å². The van der Waals surface area contributed by atoms with Gasteiger partial charge in [0.25, 0.3) is 0 Å². The highest BCUT2D eigenvalue weighted by atomic mass is 16.4. The van der Waals surface area contributed by atoms with Crippen LogP contribution in [-0.2, 0) is 6.42 Å². The molecule has 0 saturated carbocycles. The number of hydrogen-bond acceptors (Lipinski definition) is 5. The molecule has 0 radical (unpaired) electrons. The summed E-state index contributed by atoms with van der Waals surface area (Å²) >= 11 is 0. The van der Waals surface area contributed by atoms with Gasteiger partial charge < -0.3 is 25.7 Å². The second kappa shape index (κ2) is 13.2. The predicted molar refractivity (Wildman–Crippen MR) is 122 cm³/mol. The van der Waals surface area contributed by atoms with Crippen LogP contribution in [0.1, 0.15) is 53.0 Å². The number of rotatable bonds is 13. The Labute approximate surface area is 190 Å². The number of aliphatic hydroxyl groups is 2. The lowest BCUT2D eigenvalue weighted by molar-refractivity contribution is -0.0640. The number of aliphatic hydroxyl groups excluding tert-OH is 2. The molecular weight excluding hydrogens is 414 g/mol. The average Bonchev–Trinajstić information content (AvgIpc) is 2.67. The topological polar surface area (TPSA) is 142 Å². The maximum absolute atomic E-state index is 11.6. The summed E-state index contributed by atoms with van der Waals surface area (Å²) in [5.74, 6) is 0.227. The number of hydrazine groups is 1. The fourth-order valence-electron chi connectivity index (χ4n) is 4.00. The van der Waals surface area contributed by atoms with Crippen LogP contribution in [-0.4, -0.2) is 68.0 Å². The molecular formula is C23H39N3O6. The van der Waals surface area contributed by atoms with Gasteiger partial charge in [0.1, 0.15) is 0 Å². The molecule has 1 aromatic carbocycles. The van der Waals surface area contributed by atoms with Crippen LogP contribution in [0.25, 0.3) is 0 Å². The van der Waals surface area contributed by atoms with E-state index in [-0.39, 0.29) is 18.3 Å². The van der Waals surface area contributed by atoms with Crippen molar-refractivity contribution < 1.29 is 30.0 Å². The second-order valence-electron chi connectivity index (χ2n) is 9.19. The van der Waals surface area contributed by atoms with Crippen LogP contribution < -0.4 is 10.7 Å². The normalized spacial score (nSPS) is 16.4. The first kappa shape index (κ1) is 27.7. The molecule has 9 nitrogen and oxygen atoms in total. The van der Waals surface area contributed by atoms with Crippen LogP contribution in [0, 0.1) is 11.8 Å². The first-order chi connectivity index (χ1) is 14.9. The molecule has 0 heterocycles. The van der Waals surface area contributed by atoms with Gasteiger partial charge in [0.05, 0.1) is 30.3 Å². The van der Waals surface area contributed by atoms with Crippen molar-refractivity contribution in [3.63, 3.8) is 0 Å². The van der Waals surface area contributed by atoms with Crippen LogP contribution in [0.5, 0.6) is 0 Å². The van der Waals surface area contributed by atoms with Crippen LogP contribution in [0.2, 0.25) is 0 Å². The van der Waals surface area contributed by atoms with Gasteiger partial charge >= 0.3 is 12.2 Å². The van der Waals surface area contributed by atoms with Gasteiger partial charge in [0.2, 0.25) is 0 Å². The average molecular weight is 454 g/mol. The lowest BCUT2D eigenvalue weighted by atomic mass is 9.88. The molecule has 2 amide bonds. The van der Waals surface area contributed by atoms with Crippen LogP contribution in [0.3, 0.4) is 0 Å². The van der Waals surface area contributed by atoms with E-state index in [2.05, 4.69) is 10.7 Å². The SMILES string of the molecule is CC(C)CC(C(C)O)N(NC(=O)O)C(CC(C)C)C(O)C(Cc1ccccc1)NC(=O)O. The van der Waals surface area contributed by atoms with E-state index in [1.165, 1.54) is 5.01 Å². The molecule has 1 aromatic rings. The molecule has 5 unspecified atom stereocenters. The molecule has 32 heavy (non-hydrogen) atoms. The molecule has 0 aliphatic carbocycles. The summed E-state index contributed by atoms with van der Waals surface area (Å²) in [5, 5.41) is 44.6. The van der Waals surface area contributed by atoms with Gasteiger partial charge in [-0.2, -0.15) is 0 Å². The van der Waals surface area contributed by atoms with Crippen molar-refractivity contribution in [1.82, 2.24) is 15.8 Å². The molecule has 0 aromatic heterocycles. The summed E-state index contributed by atoms with van der Waals surface area (Å²) in [6.45, 7) is 9.39. The number of nitrogens with zero attached hydrogens (tertiary/aromatic N) is 1. The molecule has 0 aliphatic rings. The van der Waals surface area contributed by atoms with Gasteiger partial charge in [-0.05, 0) is 43.6 Å². The Morgan fingerprint density at radius 2 is 1.41 bits per heavy atom. The van der Waals surface area contributed by atoms with Crippen LogP contribution >= 0.6 is 0 Å². The van der Waals surface area contributed by atoms with Gasteiger partial charge in [-0.1, -0.05) is 58.0 Å². The Morgan fingerprint density at radius 3 is 1.84 bits per heavy atom. The van der Waals surface area contributed by atoms with E-state index in [0.29, 0.717) is 12.8 Å². The molecule has 0 fully saturated rings. The van der Waals surface area contributed by atoms with Crippen molar-refractivity contribution in [2.45, 2.75) is 84.2 Å². The number of carboxylic acid groups (broad SMARTS) is 2. The zero-order valence-corrected chi connectivity index (χ0v) is 19.6. The van der Waals surface area contributed by atoms with Gasteiger partial charge in [0, 0.05) is 0 Å². The molecule has 5 atom stereocenters. The van der Waals surface area contributed by atoms with E-state index in [9.17, 15) is 30.0 Å². The first-order valence-electron chi connectivity index (χ1n) is 11.1. The predicted octanol–water partition coefficient (Wildman–Crippen LogP) is 2.92. The number of benzene rings is 1. The van der Waals surface area contributed by atoms with E-state index in [4.69, 9.17) is 0 Å². The highest BCUT2D eigenvalue weighted by Crippen LogP contribution is 2.24. The maximum atomic E-state index is 11.6. The number of hydrogen-bond donors (Lipinski definition) is 6. The van der Waals surface area contributed by atoms with Crippen molar-refractivity contribution in [3.05, 3.63) is 35.9 Å². The maximum Gasteiger partial charge on any atom is 0.419 e. The van der Waals surface area contributed by atoms with Crippen molar-refractivity contribution >= 4 is 12.2 Å². The molecule has 182 valence electrons. The van der Waals surface area contributed by atoms with E-state index in [0.717, 1.165) is 5.56 Å². The van der Waals surface area contributed by atoms with Crippen molar-refractivity contribution in [2.75, 3.05) is 0 Å². The summed E-state index contributed by atoms with van der Waals surface area (Å²) in [6.07, 6.45) is -3.62. The largest absolute Gasteiger partial charge is 0.465 e. The molecule has 0 bridgehead atoms. The summed E-state index contributed by atoms with van der Waals surface area (Å²) < 4.78 is 0. The zero-order valence-electron chi connectivity index (χ0n) is 19.6. The van der Waals surface area contributed by atoms with Gasteiger partial charge in [-0.25, -0.2) is 14.6 Å². The molecule has 9 heteroatoms. The highest BCUT2D eigenvalue weighted by Gasteiger charge is 2.39. The Balaban J connectivity index is 3.39. The van der Waals surface area contributed by atoms with Crippen LogP contribution in [0.15, 0.2) is 30.3 Å². The Hall–Kier alpha value is -2.36. The Kier molecular flexibility index (Phi) is 11.5. The third-order valence-electron chi connectivity index (χ3n) is 5.34. The summed E-state index contributed by atoms with van der Waals surface area (Å²) in [5.41, 5.74) is 3.21. The van der Waals surface area contributed by atoms with Crippen molar-refractivity contribution in [2.24, 2.45) is 11.8 Å². The van der Waals surface area contributed by atoms with Crippen molar-refractivity contribution in [3.8, 4) is 0 Å². The van der Waals surface area contributed by atoms with E-state index in [1.807, 2.05) is 58.0 Å². The van der Waals surface area contributed by atoms with Gasteiger partial charge in [-0.15, -0.1) is 0 Å². The minimum atomic E-state index is -1.31. The Morgan fingerprint density at radius 1 is 0.875 bits per heavy atom. The lowest BCUT2D eigenvalue weighted by Gasteiger charge is -2.43. The van der Waals surface area contributed by atoms with Gasteiger partial charge in [-0.3, -0.25) is 5.43 Å². The molecule has 0 spiro atoms. The molecule has 0 saturated heterocycles. The van der Waals surface area contributed by atoms with E-state index >= 15 is 0 Å². The van der Waals surface area contributed by atoms with Gasteiger partial charge in [0.15, 0.2) is 0 Å². The summed E-state index contributed by atoms with van der Waals surface area (Å²) in [6, 6.07) is 6.92. The third kappa shape index (κ3) is 9.42. The first-order valence-corrected chi connectivity index (χ1v) is 11.1. The standard InChI is InChI=1S/C23H39N3O6/c1-14(2)11-19(16(5)27)26(25-23(31)32)20(12-15(3)4)21(28)18(24-22(29)30)13-17-9-7-6-8-10-17/h6-10,14-16,18-21,24-25,27-28H,11-13H2,1-5H3,(H,29,30)(H,31,32). The third-order valence-corrected chi connectivity index (χ3v) is 5.34. The highest BCUT2D eigenvalue weighted by molar-refractivity contribution is 5.65. The summed E-state index contributed by atoms with van der Waals surface area (Å²) in [7, 11) is 0. The molecule has 6 N–H and O–H groups in total. The molecule has 0 aliphatic heterocycles. The summed E-state index contributed by atoms with van der Waals surface area (Å²) in [4.78, 5) is 23.1. The molecule has 1 rings (SSSR count). The number of amides is 2. The zero-order chi connectivity index (χ0) is 24.4. The Bertz CT molecular complexity index is 698. The fraction of sp³-hybridized carbons (Fsp3) is 0.652. The van der Waals surface area contributed by atoms with E-state index < -0.39 is 42.5 Å². The smallest absolute Gasteiger partial charge is 0.419 e. The fourth-order valence-corrected chi connectivity index (χ4v) is 4.00. The van der Waals surface area contributed by atoms with E-state index in [1.54, 1.807) is 6.92 Å². The minimum Gasteiger partial charge on any atom is -0.465 e. The number of nitrogens with one attached hydrogen (secondary N) is 2. The van der Waals surface area contributed by atoms with Crippen LogP contribution in [0.4, 0.5) is 9.59 Å².